The van der Waals surface area contributed by atoms with Gasteiger partial charge in [-0.1, -0.05) is 74.4 Å². The summed E-state index contributed by atoms with van der Waals surface area (Å²) in [6, 6.07) is 10.4. The summed E-state index contributed by atoms with van der Waals surface area (Å²) in [6.45, 7) is 4.54. The third-order valence-corrected chi connectivity index (χ3v) is 5.49. The molecule has 0 spiro atoms. The van der Waals surface area contributed by atoms with E-state index in [0.29, 0.717) is 5.92 Å². The van der Waals surface area contributed by atoms with Crippen LogP contribution in [0.1, 0.15) is 51.5 Å². The number of allylic oxidation sites excluding steroid dienone is 5. The van der Waals surface area contributed by atoms with E-state index >= 15 is 0 Å². The van der Waals surface area contributed by atoms with E-state index < -0.39 is 5.97 Å². The lowest BCUT2D eigenvalue weighted by molar-refractivity contribution is -0.137. The maximum absolute atomic E-state index is 10.7. The zero-order valence-electron chi connectivity index (χ0n) is 16.8. The number of aliphatic carboxylic acids is 1. The van der Waals surface area contributed by atoms with Gasteiger partial charge in [0.15, 0.2) is 0 Å². The Morgan fingerprint density at radius 2 is 2.04 bits per heavy atom. The Bertz CT molecular complexity index is 921. The number of para-hydroxylation sites is 1. The lowest BCUT2D eigenvalue weighted by Gasteiger charge is -2.34. The lowest BCUT2D eigenvalue weighted by Crippen LogP contribution is -2.24. The molecule has 0 amide bonds. The summed E-state index contributed by atoms with van der Waals surface area (Å²) < 4.78 is 0. The first-order valence-electron chi connectivity index (χ1n) is 10.1. The highest BCUT2D eigenvalue weighted by atomic mass is 16.4. The van der Waals surface area contributed by atoms with Gasteiger partial charge < -0.3 is 5.11 Å². The van der Waals surface area contributed by atoms with Gasteiger partial charge in [0.25, 0.3) is 0 Å². The van der Waals surface area contributed by atoms with Crippen LogP contribution in [0.2, 0.25) is 0 Å². The van der Waals surface area contributed by atoms with Crippen LogP contribution in [-0.2, 0) is 4.79 Å². The van der Waals surface area contributed by atoms with Gasteiger partial charge in [0.1, 0.15) is 0 Å². The highest BCUT2D eigenvalue weighted by molar-refractivity contribution is 5.80. The molecular formula is C25H29NO2. The molecule has 1 N–H and O–H groups in total. The van der Waals surface area contributed by atoms with Crippen LogP contribution in [0, 0.1) is 11.3 Å². The standard InChI is InChI=1S/C25H29NO2/c1-25(2)16-8-11-20(9-4-3-5-13-24(27)28)22(25)15-14-19-17-21-10-6-7-12-23(21)26-18-19/h6-8,10-12,14-18,22H,3-5,9,13H2,1-2H3,(H,27,28). The summed E-state index contributed by atoms with van der Waals surface area (Å²) in [6.07, 6.45) is 17.1. The van der Waals surface area contributed by atoms with Gasteiger partial charge in [-0.25, -0.2) is 0 Å². The van der Waals surface area contributed by atoms with Crippen LogP contribution in [0.3, 0.4) is 0 Å². The highest BCUT2D eigenvalue weighted by Gasteiger charge is 2.29. The topological polar surface area (TPSA) is 50.2 Å². The SMILES string of the molecule is CC1(C)C=CC=C(CCCCCC(=O)O)C1C=Cc1cnc2ccccc2c1. The number of unbranched alkanes of at least 4 members (excludes halogenated alkanes) is 2. The third-order valence-electron chi connectivity index (χ3n) is 5.49. The molecule has 1 atom stereocenters. The third kappa shape index (κ3) is 5.19. The Labute approximate surface area is 167 Å². The second-order valence-electron chi connectivity index (χ2n) is 8.17. The van der Waals surface area contributed by atoms with E-state index in [2.05, 4.69) is 61.3 Å². The molecular weight excluding hydrogens is 346 g/mol. The monoisotopic (exact) mass is 375 g/mol. The molecule has 0 saturated carbocycles. The summed E-state index contributed by atoms with van der Waals surface area (Å²) in [5.74, 6) is -0.366. The molecule has 0 fully saturated rings. The molecule has 3 heteroatoms. The van der Waals surface area contributed by atoms with E-state index in [0.717, 1.165) is 42.1 Å². The number of aromatic nitrogens is 1. The Morgan fingerprint density at radius 3 is 2.86 bits per heavy atom. The molecule has 1 aliphatic rings. The van der Waals surface area contributed by atoms with Gasteiger partial charge in [-0.05, 0) is 42.4 Å². The molecule has 0 aliphatic heterocycles. The number of pyridine rings is 1. The molecule has 1 aromatic heterocycles. The number of carboxylic acid groups (broad SMARTS) is 1. The second kappa shape index (κ2) is 9.01. The van der Waals surface area contributed by atoms with Gasteiger partial charge in [-0.3, -0.25) is 9.78 Å². The molecule has 0 saturated heterocycles. The van der Waals surface area contributed by atoms with E-state index in [1.165, 1.54) is 5.57 Å². The van der Waals surface area contributed by atoms with E-state index in [4.69, 9.17) is 5.11 Å². The predicted octanol–water partition coefficient (Wildman–Crippen LogP) is 6.42. The molecule has 3 nitrogen and oxygen atoms in total. The van der Waals surface area contributed by atoms with Crippen LogP contribution in [-0.4, -0.2) is 16.1 Å². The van der Waals surface area contributed by atoms with Crippen LogP contribution < -0.4 is 0 Å². The van der Waals surface area contributed by atoms with Crippen molar-refractivity contribution in [1.29, 1.82) is 0 Å². The van der Waals surface area contributed by atoms with Gasteiger partial charge in [0, 0.05) is 23.9 Å². The molecule has 3 rings (SSSR count). The summed E-state index contributed by atoms with van der Waals surface area (Å²) in [7, 11) is 0. The van der Waals surface area contributed by atoms with Gasteiger partial charge in [0.2, 0.25) is 0 Å². The van der Waals surface area contributed by atoms with Crippen molar-refractivity contribution >= 4 is 22.9 Å². The molecule has 0 bridgehead atoms. The maximum atomic E-state index is 10.7. The minimum Gasteiger partial charge on any atom is -0.481 e. The average Bonchev–Trinajstić information content (AvgIpc) is 2.66. The van der Waals surface area contributed by atoms with E-state index in [1.807, 2.05) is 24.4 Å². The number of hydrogen-bond donors (Lipinski definition) is 1. The van der Waals surface area contributed by atoms with Crippen molar-refractivity contribution in [3.05, 3.63) is 72.0 Å². The molecule has 1 aromatic carbocycles. The fourth-order valence-electron chi connectivity index (χ4n) is 3.88. The molecule has 2 aromatic rings. The van der Waals surface area contributed by atoms with Crippen molar-refractivity contribution in [1.82, 2.24) is 4.98 Å². The molecule has 28 heavy (non-hydrogen) atoms. The predicted molar refractivity (Wildman–Crippen MR) is 116 cm³/mol. The van der Waals surface area contributed by atoms with Gasteiger partial charge in [-0.15, -0.1) is 0 Å². The minimum absolute atomic E-state index is 0.0614. The summed E-state index contributed by atoms with van der Waals surface area (Å²) >= 11 is 0. The van der Waals surface area contributed by atoms with E-state index in [-0.39, 0.29) is 11.8 Å². The molecule has 1 unspecified atom stereocenters. The molecule has 0 radical (unpaired) electrons. The zero-order valence-corrected chi connectivity index (χ0v) is 16.8. The van der Waals surface area contributed by atoms with Crippen LogP contribution in [0.25, 0.3) is 17.0 Å². The Hall–Kier alpha value is -2.68. The van der Waals surface area contributed by atoms with Crippen molar-refractivity contribution in [3.63, 3.8) is 0 Å². The van der Waals surface area contributed by atoms with Crippen molar-refractivity contribution < 1.29 is 9.90 Å². The number of nitrogens with zero attached hydrogens (tertiary/aromatic N) is 1. The van der Waals surface area contributed by atoms with Gasteiger partial charge in [-0.2, -0.15) is 0 Å². The molecule has 1 heterocycles. The number of fused-ring (bicyclic) bond motifs is 1. The number of carboxylic acids is 1. The average molecular weight is 376 g/mol. The Balaban J connectivity index is 1.70. The Morgan fingerprint density at radius 1 is 1.21 bits per heavy atom. The van der Waals surface area contributed by atoms with Crippen LogP contribution in [0.15, 0.2) is 66.4 Å². The fraction of sp³-hybridized carbons (Fsp3) is 0.360. The lowest BCUT2D eigenvalue weighted by atomic mass is 9.70. The van der Waals surface area contributed by atoms with Crippen molar-refractivity contribution in [2.45, 2.75) is 46.0 Å². The number of hydrogen-bond acceptors (Lipinski definition) is 2. The first kappa shape index (κ1) is 20.1. The normalized spacial score (nSPS) is 18.5. The minimum atomic E-state index is -0.703. The van der Waals surface area contributed by atoms with Crippen LogP contribution in [0.4, 0.5) is 0 Å². The smallest absolute Gasteiger partial charge is 0.303 e. The second-order valence-corrected chi connectivity index (χ2v) is 8.17. The number of carbonyl (C=O) groups is 1. The molecule has 1 aliphatic carbocycles. The van der Waals surface area contributed by atoms with Gasteiger partial charge >= 0.3 is 5.97 Å². The first-order chi connectivity index (χ1) is 13.5. The summed E-state index contributed by atoms with van der Waals surface area (Å²) in [4.78, 5) is 15.2. The van der Waals surface area contributed by atoms with Crippen molar-refractivity contribution in [2.75, 3.05) is 0 Å². The number of benzene rings is 1. The highest BCUT2D eigenvalue weighted by Crippen LogP contribution is 2.40. The summed E-state index contributed by atoms with van der Waals surface area (Å²) in [5, 5.41) is 9.94. The zero-order chi connectivity index (χ0) is 20.0. The summed E-state index contributed by atoms with van der Waals surface area (Å²) in [5.41, 5.74) is 3.62. The van der Waals surface area contributed by atoms with Crippen LogP contribution in [0.5, 0.6) is 0 Å². The van der Waals surface area contributed by atoms with Crippen molar-refractivity contribution in [2.24, 2.45) is 11.3 Å². The first-order valence-corrected chi connectivity index (χ1v) is 10.1. The van der Waals surface area contributed by atoms with Crippen LogP contribution >= 0.6 is 0 Å². The number of rotatable bonds is 8. The van der Waals surface area contributed by atoms with Crippen molar-refractivity contribution in [3.8, 4) is 0 Å². The largest absolute Gasteiger partial charge is 0.481 e. The maximum Gasteiger partial charge on any atom is 0.303 e. The van der Waals surface area contributed by atoms with E-state index in [1.54, 1.807) is 0 Å². The van der Waals surface area contributed by atoms with E-state index in [9.17, 15) is 4.79 Å². The quantitative estimate of drug-likeness (QED) is 0.541. The fourth-order valence-corrected chi connectivity index (χ4v) is 3.88. The van der Waals surface area contributed by atoms with Gasteiger partial charge in [0.05, 0.1) is 5.52 Å². The molecule has 146 valence electrons. The Kier molecular flexibility index (Phi) is 6.45.